The number of amides is 1. The highest BCUT2D eigenvalue weighted by Gasteiger charge is 2.13. The number of benzene rings is 1. The molecule has 1 amide bonds. The summed E-state index contributed by atoms with van der Waals surface area (Å²) in [6, 6.07) is 15.5. The first kappa shape index (κ1) is 13.3. The fourth-order valence-electron chi connectivity index (χ4n) is 2.52. The van der Waals surface area contributed by atoms with Gasteiger partial charge in [-0.1, -0.05) is 30.3 Å². The minimum atomic E-state index is -0.182. The molecule has 112 valence electrons. The van der Waals surface area contributed by atoms with Crippen LogP contribution in [0.25, 0.3) is 27.8 Å². The topological polar surface area (TPSA) is 85.1 Å². The van der Waals surface area contributed by atoms with Crippen molar-refractivity contribution in [2.75, 3.05) is 5.32 Å². The number of fused-ring (bicyclic) bond motifs is 3. The molecule has 0 aliphatic rings. The van der Waals surface area contributed by atoms with E-state index in [1.54, 1.807) is 4.52 Å². The van der Waals surface area contributed by atoms with Crippen molar-refractivity contribution in [3.05, 3.63) is 48.5 Å². The van der Waals surface area contributed by atoms with Crippen molar-refractivity contribution in [2.45, 2.75) is 6.92 Å². The van der Waals surface area contributed by atoms with Gasteiger partial charge in [-0.2, -0.15) is 4.52 Å². The van der Waals surface area contributed by atoms with Gasteiger partial charge in [0.1, 0.15) is 5.82 Å². The van der Waals surface area contributed by atoms with Crippen LogP contribution in [0.4, 0.5) is 5.82 Å². The van der Waals surface area contributed by atoms with E-state index >= 15 is 0 Å². The third-order valence-electron chi connectivity index (χ3n) is 3.52. The minimum absolute atomic E-state index is 0.182. The number of pyridine rings is 2. The lowest BCUT2D eigenvalue weighted by atomic mass is 10.0. The van der Waals surface area contributed by atoms with Crippen LogP contribution in [0, 0.1) is 0 Å². The Hall–Kier alpha value is -3.35. The van der Waals surface area contributed by atoms with Gasteiger partial charge in [0, 0.05) is 17.9 Å². The molecule has 3 aromatic heterocycles. The van der Waals surface area contributed by atoms with Crippen molar-refractivity contribution in [1.82, 2.24) is 25.0 Å². The van der Waals surface area contributed by atoms with Gasteiger partial charge in [0.25, 0.3) is 0 Å². The van der Waals surface area contributed by atoms with Crippen LogP contribution < -0.4 is 5.32 Å². The van der Waals surface area contributed by atoms with E-state index in [4.69, 9.17) is 0 Å². The number of nitrogens with one attached hydrogen (secondary N) is 1. The van der Waals surface area contributed by atoms with Crippen LogP contribution in [0.15, 0.2) is 48.5 Å². The van der Waals surface area contributed by atoms with E-state index in [-0.39, 0.29) is 5.91 Å². The predicted molar refractivity (Wildman–Crippen MR) is 85.8 cm³/mol. The first-order chi connectivity index (χ1) is 11.2. The summed E-state index contributed by atoms with van der Waals surface area (Å²) in [5.41, 5.74) is 3.02. The van der Waals surface area contributed by atoms with Gasteiger partial charge in [-0.15, -0.1) is 5.10 Å². The van der Waals surface area contributed by atoms with Crippen molar-refractivity contribution in [3.63, 3.8) is 0 Å². The van der Waals surface area contributed by atoms with E-state index in [2.05, 4.69) is 25.8 Å². The number of anilines is 1. The summed E-state index contributed by atoms with van der Waals surface area (Å²) in [5.74, 6) is 0.303. The molecule has 1 aromatic carbocycles. The van der Waals surface area contributed by atoms with Crippen LogP contribution in [-0.4, -0.2) is 30.9 Å². The highest BCUT2D eigenvalue weighted by molar-refractivity contribution is 5.96. The van der Waals surface area contributed by atoms with Crippen molar-refractivity contribution in [3.8, 4) is 11.1 Å². The molecule has 0 atom stereocenters. The molecule has 0 spiro atoms. The van der Waals surface area contributed by atoms with E-state index < -0.39 is 0 Å². The van der Waals surface area contributed by atoms with Crippen molar-refractivity contribution in [1.29, 1.82) is 0 Å². The fourth-order valence-corrected chi connectivity index (χ4v) is 2.52. The highest BCUT2D eigenvalue weighted by atomic mass is 16.1. The smallest absolute Gasteiger partial charge is 0.222 e. The number of carbonyl (C=O) groups excluding carboxylic acids is 1. The molecule has 0 aliphatic heterocycles. The largest absolute Gasteiger partial charge is 0.310 e. The maximum absolute atomic E-state index is 11.5. The highest BCUT2D eigenvalue weighted by Crippen LogP contribution is 2.30. The minimum Gasteiger partial charge on any atom is -0.310 e. The van der Waals surface area contributed by atoms with Gasteiger partial charge in [0.15, 0.2) is 11.3 Å². The van der Waals surface area contributed by atoms with Crippen LogP contribution in [-0.2, 0) is 4.79 Å². The van der Waals surface area contributed by atoms with Crippen molar-refractivity contribution < 1.29 is 4.79 Å². The van der Waals surface area contributed by atoms with Crippen LogP contribution in [0.1, 0.15) is 6.92 Å². The molecule has 0 aliphatic carbocycles. The van der Waals surface area contributed by atoms with Gasteiger partial charge in [-0.3, -0.25) is 4.79 Å². The SMILES string of the molecule is CC(=O)Nc1nc2c(ccc3nnnn32)cc1-c1ccccc1. The molecule has 3 heterocycles. The molecule has 7 nitrogen and oxygen atoms in total. The number of tetrazole rings is 1. The lowest BCUT2D eigenvalue weighted by Crippen LogP contribution is -2.10. The Labute approximate surface area is 131 Å². The van der Waals surface area contributed by atoms with E-state index in [1.807, 2.05) is 48.5 Å². The van der Waals surface area contributed by atoms with Crippen LogP contribution in [0.3, 0.4) is 0 Å². The zero-order valence-corrected chi connectivity index (χ0v) is 12.3. The van der Waals surface area contributed by atoms with Gasteiger partial charge in [0.05, 0.1) is 0 Å². The van der Waals surface area contributed by atoms with E-state index in [1.165, 1.54) is 6.92 Å². The Kier molecular flexibility index (Phi) is 2.97. The van der Waals surface area contributed by atoms with Crippen LogP contribution in [0.5, 0.6) is 0 Å². The molecule has 23 heavy (non-hydrogen) atoms. The number of nitrogens with zero attached hydrogens (tertiary/aromatic N) is 5. The third-order valence-corrected chi connectivity index (χ3v) is 3.52. The number of rotatable bonds is 2. The second kappa shape index (κ2) is 5.13. The molecule has 0 saturated carbocycles. The maximum Gasteiger partial charge on any atom is 0.222 e. The molecule has 1 N–H and O–H groups in total. The molecular weight excluding hydrogens is 292 g/mol. The maximum atomic E-state index is 11.5. The Morgan fingerprint density at radius 1 is 1.13 bits per heavy atom. The van der Waals surface area contributed by atoms with Crippen molar-refractivity contribution >= 4 is 28.4 Å². The number of hydrogen-bond donors (Lipinski definition) is 1. The summed E-state index contributed by atoms with van der Waals surface area (Å²) in [7, 11) is 0. The summed E-state index contributed by atoms with van der Waals surface area (Å²) in [4.78, 5) is 16.1. The van der Waals surface area contributed by atoms with Crippen LogP contribution in [0.2, 0.25) is 0 Å². The number of carbonyl (C=O) groups is 1. The Morgan fingerprint density at radius 2 is 1.96 bits per heavy atom. The molecule has 0 unspecified atom stereocenters. The summed E-state index contributed by atoms with van der Waals surface area (Å²) in [6.45, 7) is 1.46. The first-order valence-corrected chi connectivity index (χ1v) is 7.07. The van der Waals surface area contributed by atoms with Gasteiger partial charge >= 0.3 is 0 Å². The third kappa shape index (κ3) is 2.28. The first-order valence-electron chi connectivity index (χ1n) is 7.07. The van der Waals surface area contributed by atoms with Gasteiger partial charge in [-0.25, -0.2) is 4.98 Å². The van der Waals surface area contributed by atoms with Crippen molar-refractivity contribution in [2.24, 2.45) is 0 Å². The molecule has 4 rings (SSSR count). The quantitative estimate of drug-likeness (QED) is 0.614. The zero-order chi connectivity index (χ0) is 15.8. The number of hydrogen-bond acceptors (Lipinski definition) is 5. The molecule has 0 bridgehead atoms. The Morgan fingerprint density at radius 3 is 2.74 bits per heavy atom. The predicted octanol–water partition coefficient (Wildman–Crippen LogP) is 2.30. The van der Waals surface area contributed by atoms with Gasteiger partial charge < -0.3 is 5.32 Å². The Balaban J connectivity index is 2.04. The van der Waals surface area contributed by atoms with E-state index in [0.717, 1.165) is 16.5 Å². The van der Waals surface area contributed by atoms with E-state index in [9.17, 15) is 4.79 Å². The summed E-state index contributed by atoms with van der Waals surface area (Å²) >= 11 is 0. The average Bonchev–Trinajstić information content (AvgIpc) is 3.03. The molecule has 0 radical (unpaired) electrons. The summed E-state index contributed by atoms with van der Waals surface area (Å²) in [6.07, 6.45) is 0. The zero-order valence-electron chi connectivity index (χ0n) is 12.3. The Bertz CT molecular complexity index is 1020. The second-order valence-electron chi connectivity index (χ2n) is 5.13. The second-order valence-corrected chi connectivity index (χ2v) is 5.13. The van der Waals surface area contributed by atoms with Gasteiger partial charge in [0.2, 0.25) is 5.91 Å². The monoisotopic (exact) mass is 304 g/mol. The molecule has 7 heteroatoms. The van der Waals surface area contributed by atoms with Gasteiger partial charge in [-0.05, 0) is 34.2 Å². The summed E-state index contributed by atoms with van der Waals surface area (Å²) < 4.78 is 1.55. The van der Waals surface area contributed by atoms with Crippen LogP contribution >= 0.6 is 0 Å². The molecule has 4 aromatic rings. The lowest BCUT2D eigenvalue weighted by Gasteiger charge is -2.11. The normalized spacial score (nSPS) is 11.0. The standard InChI is InChI=1S/C16H12N6O/c1-10(23)17-15-13(11-5-3-2-4-6-11)9-12-7-8-14-19-20-21-22(14)16(12)18-15/h2-9H,1H3,(H,17,18,23). The number of aromatic nitrogens is 5. The average molecular weight is 304 g/mol. The van der Waals surface area contributed by atoms with E-state index in [0.29, 0.717) is 17.1 Å². The fraction of sp³-hybridized carbons (Fsp3) is 0.0625. The molecule has 0 saturated heterocycles. The molecular formula is C16H12N6O. The lowest BCUT2D eigenvalue weighted by molar-refractivity contribution is -0.114. The molecule has 0 fully saturated rings. The summed E-state index contributed by atoms with van der Waals surface area (Å²) in [5, 5.41) is 15.2.